The lowest BCUT2D eigenvalue weighted by atomic mass is 9.95. The van der Waals surface area contributed by atoms with Crippen molar-refractivity contribution >= 4 is 65.2 Å². The zero-order valence-electron chi connectivity index (χ0n) is 28.0. The van der Waals surface area contributed by atoms with Crippen LogP contribution in [-0.4, -0.2) is 24.5 Å². The Morgan fingerprint density at radius 1 is 0.365 bits per heavy atom. The largest absolute Gasteiger partial charge is 0.354 e. The second kappa shape index (κ2) is 11.2. The molecule has 0 atom stereocenters. The van der Waals surface area contributed by atoms with E-state index in [4.69, 9.17) is 15.0 Å². The number of aromatic amines is 1. The Bertz CT molecular complexity index is 3120. The van der Waals surface area contributed by atoms with Crippen molar-refractivity contribution in [3.63, 3.8) is 0 Å². The Morgan fingerprint density at radius 2 is 0.904 bits per heavy atom. The Hall–Kier alpha value is -7.11. The molecule has 11 aromatic rings. The SMILES string of the molecule is c1ccc(-c2nc(-c3ccccc3)nc(-c3cccc(-n4c5ccccc5c5c6c(ccc54)[nH]c4c5ccccc5c5ccccc5c46)c3)n2)cc1. The average Bonchev–Trinajstić information content (AvgIpc) is 3.78. The van der Waals surface area contributed by atoms with Crippen LogP contribution < -0.4 is 0 Å². The average molecular weight is 664 g/mol. The highest BCUT2D eigenvalue weighted by Gasteiger charge is 2.21. The molecule has 3 heterocycles. The van der Waals surface area contributed by atoms with Crippen LogP contribution in [0.5, 0.6) is 0 Å². The third kappa shape index (κ3) is 4.26. The lowest BCUT2D eigenvalue weighted by molar-refractivity contribution is 1.07. The molecule has 0 fully saturated rings. The fourth-order valence-electron chi connectivity index (χ4n) is 8.09. The summed E-state index contributed by atoms with van der Waals surface area (Å²) < 4.78 is 2.38. The highest BCUT2D eigenvalue weighted by atomic mass is 15.0. The number of fused-ring (bicyclic) bond motifs is 12. The number of hydrogen-bond donors (Lipinski definition) is 1. The van der Waals surface area contributed by atoms with E-state index in [1.54, 1.807) is 0 Å². The number of para-hydroxylation sites is 1. The molecule has 5 heteroatoms. The summed E-state index contributed by atoms with van der Waals surface area (Å²) in [6.45, 7) is 0. The topological polar surface area (TPSA) is 59.4 Å². The molecule has 0 radical (unpaired) electrons. The minimum Gasteiger partial charge on any atom is -0.354 e. The molecule has 0 aliphatic carbocycles. The highest BCUT2D eigenvalue weighted by Crippen LogP contribution is 2.44. The van der Waals surface area contributed by atoms with Gasteiger partial charge in [0.15, 0.2) is 17.5 Å². The molecule has 0 aliphatic heterocycles. The van der Waals surface area contributed by atoms with Crippen molar-refractivity contribution in [3.05, 3.63) is 170 Å². The van der Waals surface area contributed by atoms with Crippen molar-refractivity contribution in [3.8, 4) is 39.9 Å². The van der Waals surface area contributed by atoms with Crippen molar-refractivity contribution < 1.29 is 0 Å². The smallest absolute Gasteiger partial charge is 0.164 e. The quantitative estimate of drug-likeness (QED) is 0.191. The van der Waals surface area contributed by atoms with Crippen LogP contribution in [0, 0.1) is 0 Å². The van der Waals surface area contributed by atoms with Gasteiger partial charge >= 0.3 is 0 Å². The van der Waals surface area contributed by atoms with Crippen LogP contribution in [0.4, 0.5) is 0 Å². The zero-order chi connectivity index (χ0) is 34.2. The van der Waals surface area contributed by atoms with E-state index in [0.29, 0.717) is 17.5 Å². The normalized spacial score (nSPS) is 11.8. The Balaban J connectivity index is 1.18. The summed E-state index contributed by atoms with van der Waals surface area (Å²) in [5.74, 6) is 1.93. The van der Waals surface area contributed by atoms with Crippen LogP contribution in [0.1, 0.15) is 0 Å². The lowest BCUT2D eigenvalue weighted by Crippen LogP contribution is -2.01. The van der Waals surface area contributed by atoms with Crippen LogP contribution in [0.25, 0.3) is 105 Å². The van der Waals surface area contributed by atoms with E-state index in [9.17, 15) is 0 Å². The first kappa shape index (κ1) is 28.7. The van der Waals surface area contributed by atoms with Crippen LogP contribution in [-0.2, 0) is 0 Å². The Kier molecular flexibility index (Phi) is 6.18. The Morgan fingerprint density at radius 3 is 1.60 bits per heavy atom. The fourth-order valence-corrected chi connectivity index (χ4v) is 8.09. The van der Waals surface area contributed by atoms with Crippen LogP contribution in [0.15, 0.2) is 170 Å². The number of rotatable bonds is 4. The maximum Gasteiger partial charge on any atom is 0.164 e. The van der Waals surface area contributed by atoms with Gasteiger partial charge in [0.2, 0.25) is 0 Å². The first-order valence-electron chi connectivity index (χ1n) is 17.5. The van der Waals surface area contributed by atoms with E-state index in [0.717, 1.165) is 38.9 Å². The molecule has 0 saturated carbocycles. The summed E-state index contributed by atoms with van der Waals surface area (Å²) in [4.78, 5) is 18.8. The summed E-state index contributed by atoms with van der Waals surface area (Å²) in [5, 5.41) is 9.98. The van der Waals surface area contributed by atoms with Gasteiger partial charge in [0, 0.05) is 54.8 Å². The van der Waals surface area contributed by atoms with Crippen molar-refractivity contribution in [1.82, 2.24) is 24.5 Å². The van der Waals surface area contributed by atoms with Crippen LogP contribution >= 0.6 is 0 Å². The molecule has 1 N–H and O–H groups in total. The summed E-state index contributed by atoms with van der Waals surface area (Å²) in [5.41, 5.74) is 8.46. The second-order valence-electron chi connectivity index (χ2n) is 13.3. The van der Waals surface area contributed by atoms with Crippen molar-refractivity contribution in [2.24, 2.45) is 0 Å². The van der Waals surface area contributed by atoms with Crippen LogP contribution in [0.3, 0.4) is 0 Å². The molecule has 3 aromatic heterocycles. The minimum atomic E-state index is 0.632. The van der Waals surface area contributed by atoms with E-state index in [-0.39, 0.29) is 0 Å². The van der Waals surface area contributed by atoms with Gasteiger partial charge in [-0.1, -0.05) is 140 Å². The lowest BCUT2D eigenvalue weighted by Gasteiger charge is -2.11. The number of nitrogens with zero attached hydrogens (tertiary/aromatic N) is 4. The van der Waals surface area contributed by atoms with Crippen molar-refractivity contribution in [2.45, 2.75) is 0 Å². The van der Waals surface area contributed by atoms with Gasteiger partial charge in [0.25, 0.3) is 0 Å². The van der Waals surface area contributed by atoms with Gasteiger partial charge in [0.05, 0.1) is 16.6 Å². The van der Waals surface area contributed by atoms with E-state index in [1.807, 2.05) is 60.7 Å². The molecule has 5 nitrogen and oxygen atoms in total. The number of benzene rings is 8. The maximum atomic E-state index is 5.03. The molecule has 11 rings (SSSR count). The molecule has 0 saturated heterocycles. The van der Waals surface area contributed by atoms with E-state index < -0.39 is 0 Å². The molecule has 0 bridgehead atoms. The van der Waals surface area contributed by atoms with Gasteiger partial charge in [0.1, 0.15) is 0 Å². The predicted octanol–water partition coefficient (Wildman–Crippen LogP) is 11.9. The highest BCUT2D eigenvalue weighted by molar-refractivity contribution is 6.37. The van der Waals surface area contributed by atoms with Gasteiger partial charge in [-0.2, -0.15) is 0 Å². The summed E-state index contributed by atoms with van der Waals surface area (Å²) in [7, 11) is 0. The van der Waals surface area contributed by atoms with E-state index >= 15 is 0 Å². The zero-order valence-corrected chi connectivity index (χ0v) is 28.0. The summed E-state index contributed by atoms with van der Waals surface area (Å²) in [6.07, 6.45) is 0. The third-order valence-electron chi connectivity index (χ3n) is 10.3. The van der Waals surface area contributed by atoms with Crippen molar-refractivity contribution in [1.29, 1.82) is 0 Å². The van der Waals surface area contributed by atoms with Gasteiger partial charge in [-0.05, 0) is 46.5 Å². The molecule has 8 aromatic carbocycles. The molecule has 0 amide bonds. The number of H-pyrrole nitrogens is 1. The Labute approximate surface area is 298 Å². The molecule has 242 valence electrons. The molecular formula is C47H29N5. The van der Waals surface area contributed by atoms with Gasteiger partial charge in [-0.15, -0.1) is 0 Å². The van der Waals surface area contributed by atoms with Gasteiger partial charge in [-0.3, -0.25) is 0 Å². The summed E-state index contributed by atoms with van der Waals surface area (Å²) >= 11 is 0. The molecule has 52 heavy (non-hydrogen) atoms. The maximum absolute atomic E-state index is 5.03. The number of hydrogen-bond acceptors (Lipinski definition) is 3. The second-order valence-corrected chi connectivity index (χ2v) is 13.3. The number of aromatic nitrogens is 5. The van der Waals surface area contributed by atoms with E-state index in [2.05, 4.69) is 119 Å². The third-order valence-corrected chi connectivity index (χ3v) is 10.3. The standard InChI is InChI=1S/C47H29N5/c1-3-14-29(15-4-1)45-49-46(30-16-5-2-6-17-30)51-47(50-45)31-18-13-19-32(28-31)52-39-25-12-11-24-37(39)41-40(52)27-26-38-43(41)42-35-22-9-7-20-33(35)34-21-8-10-23-36(34)44(42)48-38/h1-28,48H. The fraction of sp³-hybridized carbons (Fsp3) is 0. The first-order valence-corrected chi connectivity index (χ1v) is 17.5. The van der Waals surface area contributed by atoms with E-state index in [1.165, 1.54) is 48.6 Å². The molecular weight excluding hydrogens is 635 g/mol. The molecule has 0 spiro atoms. The summed E-state index contributed by atoms with van der Waals surface area (Å²) in [6, 6.07) is 59.6. The van der Waals surface area contributed by atoms with Crippen LogP contribution in [0.2, 0.25) is 0 Å². The van der Waals surface area contributed by atoms with Gasteiger partial charge in [-0.25, -0.2) is 15.0 Å². The minimum absolute atomic E-state index is 0.632. The molecule has 0 unspecified atom stereocenters. The molecule has 0 aliphatic rings. The van der Waals surface area contributed by atoms with Crippen molar-refractivity contribution in [2.75, 3.05) is 0 Å². The van der Waals surface area contributed by atoms with Gasteiger partial charge < -0.3 is 9.55 Å². The number of nitrogens with one attached hydrogen (secondary N) is 1. The first-order chi connectivity index (χ1) is 25.8. The monoisotopic (exact) mass is 663 g/mol. The predicted molar refractivity (Wildman–Crippen MR) is 215 cm³/mol.